The third kappa shape index (κ3) is 2.46. The Hall–Kier alpha value is -3.81. The normalized spacial score (nSPS) is 11.9. The summed E-state index contributed by atoms with van der Waals surface area (Å²) in [6, 6.07) is 36.3. The van der Waals surface area contributed by atoms with Crippen molar-refractivity contribution in [2.45, 2.75) is 0 Å². The minimum absolute atomic E-state index is 0.683. The number of furan rings is 1. The summed E-state index contributed by atoms with van der Waals surface area (Å²) in [5.41, 5.74) is 4.05. The van der Waals surface area contributed by atoms with Gasteiger partial charge in [0.05, 0.1) is 0 Å². The Balaban J connectivity index is 1.60. The molecule has 0 radical (unpaired) electrons. The molecule has 7 rings (SSSR count). The monoisotopic (exact) mass is 428 g/mol. The maximum atomic E-state index is 6.21. The highest BCUT2D eigenvalue weighted by Gasteiger charge is 2.14. The van der Waals surface area contributed by atoms with E-state index in [-0.39, 0.29) is 0 Å². The summed E-state index contributed by atoms with van der Waals surface area (Å²) in [6.45, 7) is 0. The topological polar surface area (TPSA) is 13.1 Å². The van der Waals surface area contributed by atoms with Crippen molar-refractivity contribution < 1.29 is 4.42 Å². The smallest absolute Gasteiger partial charge is 0.136 e. The molecule has 0 aliphatic heterocycles. The first-order valence-corrected chi connectivity index (χ1v) is 11.1. The van der Waals surface area contributed by atoms with E-state index in [1.54, 1.807) is 0 Å². The van der Waals surface area contributed by atoms with Crippen LogP contribution in [0, 0.1) is 0 Å². The van der Waals surface area contributed by atoms with Gasteiger partial charge >= 0.3 is 0 Å². The lowest BCUT2D eigenvalue weighted by molar-refractivity contribution is 0.669. The SMILES string of the molecule is Clc1ccc2c(c1)oc1cccc(-c3ccc4c5ccccc5c5ccccc5c4c3)c12. The minimum Gasteiger partial charge on any atom is -0.456 e. The average molecular weight is 429 g/mol. The molecule has 2 heteroatoms. The zero-order valence-electron chi connectivity index (χ0n) is 17.1. The van der Waals surface area contributed by atoms with Crippen LogP contribution < -0.4 is 0 Å². The van der Waals surface area contributed by atoms with Crippen LogP contribution in [0.25, 0.3) is 65.4 Å². The van der Waals surface area contributed by atoms with Crippen LogP contribution in [-0.4, -0.2) is 0 Å². The molecule has 0 atom stereocenters. The van der Waals surface area contributed by atoms with E-state index in [1.165, 1.54) is 43.4 Å². The van der Waals surface area contributed by atoms with Gasteiger partial charge in [0, 0.05) is 21.9 Å². The fourth-order valence-electron chi connectivity index (χ4n) is 5.12. The molecule has 0 saturated carbocycles. The van der Waals surface area contributed by atoms with Gasteiger partial charge in [-0.2, -0.15) is 0 Å². The fraction of sp³-hybridized carbons (Fsp3) is 0. The van der Waals surface area contributed by atoms with Crippen molar-refractivity contribution in [2.24, 2.45) is 0 Å². The maximum absolute atomic E-state index is 6.21. The maximum Gasteiger partial charge on any atom is 0.136 e. The summed E-state index contributed by atoms with van der Waals surface area (Å²) in [7, 11) is 0. The van der Waals surface area contributed by atoms with Crippen LogP contribution in [0.3, 0.4) is 0 Å². The fourth-order valence-corrected chi connectivity index (χ4v) is 5.28. The number of fused-ring (bicyclic) bond motifs is 9. The Bertz CT molecular complexity index is 1810. The largest absolute Gasteiger partial charge is 0.456 e. The van der Waals surface area contributed by atoms with Gasteiger partial charge in [-0.25, -0.2) is 0 Å². The zero-order chi connectivity index (χ0) is 21.2. The molecule has 0 aliphatic carbocycles. The molecule has 0 amide bonds. The van der Waals surface area contributed by atoms with Crippen molar-refractivity contribution in [3.05, 3.63) is 108 Å². The highest BCUT2D eigenvalue weighted by atomic mass is 35.5. The van der Waals surface area contributed by atoms with Crippen LogP contribution in [0.2, 0.25) is 5.02 Å². The molecule has 1 aromatic heterocycles. The molecule has 150 valence electrons. The van der Waals surface area contributed by atoms with Crippen LogP contribution >= 0.6 is 11.6 Å². The van der Waals surface area contributed by atoms with E-state index >= 15 is 0 Å². The van der Waals surface area contributed by atoms with Gasteiger partial charge < -0.3 is 4.42 Å². The molecule has 0 fully saturated rings. The molecule has 7 aromatic rings. The van der Waals surface area contributed by atoms with Gasteiger partial charge in [0.15, 0.2) is 0 Å². The summed E-state index contributed by atoms with van der Waals surface area (Å²) in [6.07, 6.45) is 0. The highest BCUT2D eigenvalue weighted by molar-refractivity contribution is 6.31. The van der Waals surface area contributed by atoms with Crippen LogP contribution in [0.4, 0.5) is 0 Å². The molecule has 0 N–H and O–H groups in total. The van der Waals surface area contributed by atoms with Crippen LogP contribution in [0.15, 0.2) is 108 Å². The summed E-state index contributed by atoms with van der Waals surface area (Å²) < 4.78 is 6.13. The van der Waals surface area contributed by atoms with Gasteiger partial charge in [0.2, 0.25) is 0 Å². The van der Waals surface area contributed by atoms with Gasteiger partial charge in [-0.3, -0.25) is 0 Å². The van der Waals surface area contributed by atoms with Crippen molar-refractivity contribution in [1.82, 2.24) is 0 Å². The van der Waals surface area contributed by atoms with E-state index in [9.17, 15) is 0 Å². The predicted octanol–water partition coefficient (Wildman–Crippen LogP) is 9.37. The highest BCUT2D eigenvalue weighted by Crippen LogP contribution is 2.41. The molecule has 1 heterocycles. The van der Waals surface area contributed by atoms with Gasteiger partial charge in [-0.1, -0.05) is 84.4 Å². The lowest BCUT2D eigenvalue weighted by atomic mass is 9.91. The Morgan fingerprint density at radius 3 is 1.81 bits per heavy atom. The summed E-state index contributed by atoms with van der Waals surface area (Å²) in [5.74, 6) is 0. The second-order valence-corrected chi connectivity index (χ2v) is 8.71. The van der Waals surface area contributed by atoms with Crippen molar-refractivity contribution in [3.63, 3.8) is 0 Å². The molecular formula is C30H17ClO. The van der Waals surface area contributed by atoms with Crippen molar-refractivity contribution in [1.29, 1.82) is 0 Å². The molecule has 0 unspecified atom stereocenters. The molecular weight excluding hydrogens is 412 g/mol. The van der Waals surface area contributed by atoms with Crippen molar-refractivity contribution >= 4 is 65.9 Å². The van der Waals surface area contributed by atoms with E-state index in [2.05, 4.69) is 84.9 Å². The van der Waals surface area contributed by atoms with Gasteiger partial charge in [-0.05, 0) is 67.7 Å². The molecule has 6 aromatic carbocycles. The first-order valence-electron chi connectivity index (χ1n) is 10.7. The van der Waals surface area contributed by atoms with E-state index in [1.807, 2.05) is 18.2 Å². The summed E-state index contributed by atoms with van der Waals surface area (Å²) >= 11 is 6.21. The number of halogens is 1. The molecule has 32 heavy (non-hydrogen) atoms. The van der Waals surface area contributed by atoms with Crippen LogP contribution in [-0.2, 0) is 0 Å². The van der Waals surface area contributed by atoms with E-state index in [0.29, 0.717) is 5.02 Å². The van der Waals surface area contributed by atoms with Gasteiger partial charge in [0.25, 0.3) is 0 Å². The van der Waals surface area contributed by atoms with Crippen LogP contribution in [0.5, 0.6) is 0 Å². The summed E-state index contributed by atoms with van der Waals surface area (Å²) in [5, 5.41) is 10.6. The summed E-state index contributed by atoms with van der Waals surface area (Å²) in [4.78, 5) is 0. The second kappa shape index (κ2) is 6.59. The number of hydrogen-bond acceptors (Lipinski definition) is 1. The third-order valence-corrected chi connectivity index (χ3v) is 6.75. The Morgan fingerprint density at radius 2 is 1.09 bits per heavy atom. The number of benzene rings is 6. The molecule has 0 bridgehead atoms. The second-order valence-electron chi connectivity index (χ2n) is 8.27. The van der Waals surface area contributed by atoms with E-state index in [0.717, 1.165) is 21.9 Å². The Labute approximate surface area is 189 Å². The van der Waals surface area contributed by atoms with Crippen molar-refractivity contribution in [3.8, 4) is 11.1 Å². The minimum atomic E-state index is 0.683. The molecule has 0 saturated heterocycles. The molecule has 1 nitrogen and oxygen atoms in total. The van der Waals surface area contributed by atoms with E-state index in [4.69, 9.17) is 16.0 Å². The lowest BCUT2D eigenvalue weighted by Gasteiger charge is -2.12. The predicted molar refractivity (Wildman–Crippen MR) is 137 cm³/mol. The van der Waals surface area contributed by atoms with Gasteiger partial charge in [-0.15, -0.1) is 0 Å². The lowest BCUT2D eigenvalue weighted by Crippen LogP contribution is -1.85. The first-order chi connectivity index (χ1) is 15.8. The van der Waals surface area contributed by atoms with Crippen molar-refractivity contribution in [2.75, 3.05) is 0 Å². The quantitative estimate of drug-likeness (QED) is 0.237. The Morgan fingerprint density at radius 1 is 0.469 bits per heavy atom. The third-order valence-electron chi connectivity index (χ3n) is 6.51. The first kappa shape index (κ1) is 17.8. The molecule has 0 spiro atoms. The zero-order valence-corrected chi connectivity index (χ0v) is 17.9. The molecule has 0 aliphatic rings. The average Bonchev–Trinajstić information content (AvgIpc) is 3.21. The number of rotatable bonds is 1. The van der Waals surface area contributed by atoms with Crippen LogP contribution in [0.1, 0.15) is 0 Å². The standard InChI is InChI=1S/C30H17ClO/c31-19-13-15-26-29(17-19)32-28-11-5-10-20(30(26)28)18-12-14-25-23-8-2-1-6-21(23)22-7-3-4-9-24(22)27(25)16-18/h1-17H. The van der Waals surface area contributed by atoms with E-state index < -0.39 is 0 Å². The Kier molecular flexibility index (Phi) is 3.67. The van der Waals surface area contributed by atoms with Gasteiger partial charge in [0.1, 0.15) is 11.2 Å². The number of hydrogen-bond donors (Lipinski definition) is 0.